The highest BCUT2D eigenvalue weighted by atomic mass is 16.5. The lowest BCUT2D eigenvalue weighted by molar-refractivity contribution is -0.155. The van der Waals surface area contributed by atoms with Crippen molar-refractivity contribution in [2.75, 3.05) is 13.2 Å². The zero-order valence-electron chi connectivity index (χ0n) is 19.6. The van der Waals surface area contributed by atoms with Gasteiger partial charge >= 0.3 is 12.1 Å². The number of fused-ring (bicyclic) bond motifs is 4. The summed E-state index contributed by atoms with van der Waals surface area (Å²) in [4.78, 5) is 38.8. The number of alkyl carbamates (subject to hydrolysis) is 1. The van der Waals surface area contributed by atoms with Crippen LogP contribution in [0.1, 0.15) is 55.6 Å². The molecule has 0 aromatic heterocycles. The first-order valence-corrected chi connectivity index (χ1v) is 12.6. The summed E-state index contributed by atoms with van der Waals surface area (Å²) in [6.07, 6.45) is 3.71. The third kappa shape index (κ3) is 3.68. The van der Waals surface area contributed by atoms with E-state index in [1.807, 2.05) is 24.3 Å². The molecule has 0 radical (unpaired) electrons. The summed E-state index contributed by atoms with van der Waals surface area (Å²) in [5.74, 6) is -0.608. The average Bonchev–Trinajstić information content (AvgIpc) is 3.52. The van der Waals surface area contributed by atoms with Gasteiger partial charge in [0.25, 0.3) is 0 Å². The highest BCUT2D eigenvalue weighted by Gasteiger charge is 2.66. The normalized spacial score (nSPS) is 28.2. The van der Waals surface area contributed by atoms with Gasteiger partial charge in [0, 0.05) is 24.9 Å². The van der Waals surface area contributed by atoms with E-state index in [9.17, 15) is 19.5 Å². The van der Waals surface area contributed by atoms with Gasteiger partial charge in [0.15, 0.2) is 0 Å². The third-order valence-corrected chi connectivity index (χ3v) is 8.52. The van der Waals surface area contributed by atoms with Gasteiger partial charge in [-0.3, -0.25) is 4.79 Å². The van der Waals surface area contributed by atoms with Gasteiger partial charge in [0.05, 0.1) is 0 Å². The smallest absolute Gasteiger partial charge is 0.407 e. The van der Waals surface area contributed by atoms with Gasteiger partial charge in [-0.25, -0.2) is 9.59 Å². The minimum Gasteiger partial charge on any atom is -0.479 e. The molecule has 1 saturated heterocycles. The average molecular weight is 475 g/mol. The molecule has 4 aliphatic rings. The molecule has 3 fully saturated rings. The Morgan fingerprint density at radius 3 is 2.34 bits per heavy atom. The summed E-state index contributed by atoms with van der Waals surface area (Å²) in [7, 11) is 0. The number of nitrogens with zero attached hydrogens (tertiary/aromatic N) is 1. The monoisotopic (exact) mass is 474 g/mol. The summed E-state index contributed by atoms with van der Waals surface area (Å²) in [5, 5.41) is 12.6. The van der Waals surface area contributed by atoms with Crippen LogP contribution in [0, 0.1) is 11.8 Å². The number of hydrogen-bond donors (Lipinski definition) is 2. The van der Waals surface area contributed by atoms with Gasteiger partial charge in [0.1, 0.15) is 12.1 Å². The van der Waals surface area contributed by atoms with Crippen molar-refractivity contribution in [2.24, 2.45) is 11.8 Å². The van der Waals surface area contributed by atoms with E-state index in [0.717, 1.165) is 12.8 Å². The van der Waals surface area contributed by atoms with Crippen LogP contribution < -0.4 is 5.32 Å². The molecule has 2 atom stereocenters. The maximum Gasteiger partial charge on any atom is 0.407 e. The maximum atomic E-state index is 12.9. The summed E-state index contributed by atoms with van der Waals surface area (Å²) in [6, 6.07) is 16.5. The van der Waals surface area contributed by atoms with Crippen LogP contribution in [0.25, 0.3) is 11.1 Å². The number of ether oxygens (including phenoxy) is 1. The van der Waals surface area contributed by atoms with Gasteiger partial charge in [0.2, 0.25) is 5.91 Å². The molecule has 0 bridgehead atoms. The van der Waals surface area contributed by atoms with Crippen LogP contribution >= 0.6 is 0 Å². The number of likely N-dealkylation sites (tertiary alicyclic amines) is 1. The Bertz CT molecular complexity index is 1140. The van der Waals surface area contributed by atoms with Crippen molar-refractivity contribution >= 4 is 18.0 Å². The molecule has 2 N–H and O–H groups in total. The molecule has 35 heavy (non-hydrogen) atoms. The molecule has 182 valence electrons. The number of carbonyl (C=O) groups is 3. The summed E-state index contributed by atoms with van der Waals surface area (Å²) >= 11 is 0. The Morgan fingerprint density at radius 2 is 1.69 bits per heavy atom. The predicted octanol–water partition coefficient (Wildman–Crippen LogP) is 4.16. The lowest BCUT2D eigenvalue weighted by atomic mass is 9.78. The fraction of sp³-hybridized carbons (Fsp3) is 0.464. The highest BCUT2D eigenvalue weighted by Crippen LogP contribution is 2.54. The van der Waals surface area contributed by atoms with E-state index >= 15 is 0 Å². The molecule has 2 aromatic rings. The van der Waals surface area contributed by atoms with E-state index in [-0.39, 0.29) is 36.3 Å². The Hall–Kier alpha value is -3.35. The second kappa shape index (κ2) is 8.40. The Kier molecular flexibility index (Phi) is 5.31. The molecule has 1 heterocycles. The summed E-state index contributed by atoms with van der Waals surface area (Å²) in [6.45, 7) is 0.817. The molecule has 2 saturated carbocycles. The number of carboxylic acid groups (broad SMARTS) is 1. The summed E-state index contributed by atoms with van der Waals surface area (Å²) in [5.41, 5.74) is 3.80. The molecule has 3 aliphatic carbocycles. The largest absolute Gasteiger partial charge is 0.479 e. The molecule has 7 heteroatoms. The van der Waals surface area contributed by atoms with Gasteiger partial charge in [-0.15, -0.1) is 0 Å². The molecular weight excluding hydrogens is 444 g/mol. The predicted molar refractivity (Wildman–Crippen MR) is 129 cm³/mol. The lowest BCUT2D eigenvalue weighted by Gasteiger charge is -2.39. The third-order valence-electron chi connectivity index (χ3n) is 8.52. The number of carboxylic acids is 1. The standard InChI is InChI=1S/C28H30N2O5/c31-25(30-11-5-6-18-15-28(18,30)26(32)33)14-17-12-19(13-17)29-27(34)35-16-24-22-9-3-1-7-20(22)21-8-2-4-10-23(21)24/h1-4,7-10,17-19,24H,5-6,11-16H2,(H,29,34)(H,32,33). The van der Waals surface area contributed by atoms with Gasteiger partial charge in [-0.2, -0.15) is 0 Å². The Balaban J connectivity index is 0.987. The fourth-order valence-electron chi connectivity index (χ4n) is 6.59. The van der Waals surface area contributed by atoms with E-state index in [4.69, 9.17) is 4.74 Å². The number of piperidine rings is 1. The first kappa shape index (κ1) is 22.1. The fourth-order valence-corrected chi connectivity index (χ4v) is 6.59. The SMILES string of the molecule is O=C(NC1CC(CC(=O)N2CCCC3CC32C(=O)O)C1)OCC1c2ccccc2-c2ccccc21. The Morgan fingerprint density at radius 1 is 1.03 bits per heavy atom. The maximum absolute atomic E-state index is 12.9. The van der Waals surface area contributed by atoms with E-state index in [2.05, 4.69) is 29.6 Å². The van der Waals surface area contributed by atoms with Crippen LogP contribution in [0.2, 0.25) is 0 Å². The van der Waals surface area contributed by atoms with E-state index in [0.29, 0.717) is 32.2 Å². The second-order valence-corrected chi connectivity index (χ2v) is 10.5. The van der Waals surface area contributed by atoms with Crippen LogP contribution in [0.5, 0.6) is 0 Å². The number of rotatable bonds is 6. The van der Waals surface area contributed by atoms with Crippen molar-refractivity contribution < 1.29 is 24.2 Å². The number of hydrogen-bond acceptors (Lipinski definition) is 4. The van der Waals surface area contributed by atoms with Crippen molar-refractivity contribution in [3.05, 3.63) is 59.7 Å². The zero-order chi connectivity index (χ0) is 24.2. The van der Waals surface area contributed by atoms with E-state index < -0.39 is 17.6 Å². The van der Waals surface area contributed by atoms with Crippen molar-refractivity contribution in [3.8, 4) is 11.1 Å². The topological polar surface area (TPSA) is 95.9 Å². The molecule has 0 spiro atoms. The minimum absolute atomic E-state index is 0.00749. The molecule has 1 aliphatic heterocycles. The van der Waals surface area contributed by atoms with E-state index in [1.54, 1.807) is 4.90 Å². The number of benzene rings is 2. The minimum atomic E-state index is -0.946. The Labute approximate surface area is 204 Å². The van der Waals surface area contributed by atoms with Crippen LogP contribution in [0.4, 0.5) is 4.79 Å². The van der Waals surface area contributed by atoms with Crippen molar-refractivity contribution in [2.45, 2.75) is 56.0 Å². The van der Waals surface area contributed by atoms with Gasteiger partial charge in [-0.05, 0) is 66.2 Å². The molecule has 2 aromatic carbocycles. The molecule has 2 unspecified atom stereocenters. The number of carbonyl (C=O) groups excluding carboxylic acids is 2. The van der Waals surface area contributed by atoms with Gasteiger partial charge < -0.3 is 20.1 Å². The van der Waals surface area contributed by atoms with Gasteiger partial charge in [-0.1, -0.05) is 48.5 Å². The number of nitrogens with one attached hydrogen (secondary N) is 1. The van der Waals surface area contributed by atoms with Crippen LogP contribution in [0.15, 0.2) is 48.5 Å². The molecule has 2 amide bonds. The second-order valence-electron chi connectivity index (χ2n) is 10.5. The quantitative estimate of drug-likeness (QED) is 0.656. The van der Waals surface area contributed by atoms with Crippen molar-refractivity contribution in [1.82, 2.24) is 10.2 Å². The summed E-state index contributed by atoms with van der Waals surface area (Å²) < 4.78 is 5.63. The number of amides is 2. The molecular formula is C28H30N2O5. The first-order chi connectivity index (χ1) is 17.0. The number of aliphatic carboxylic acids is 1. The zero-order valence-corrected chi connectivity index (χ0v) is 19.6. The lowest BCUT2D eigenvalue weighted by Crippen LogP contribution is -2.53. The van der Waals surface area contributed by atoms with Crippen molar-refractivity contribution in [3.63, 3.8) is 0 Å². The van der Waals surface area contributed by atoms with Crippen LogP contribution in [-0.4, -0.2) is 52.7 Å². The molecule has 7 nitrogen and oxygen atoms in total. The van der Waals surface area contributed by atoms with Crippen molar-refractivity contribution in [1.29, 1.82) is 0 Å². The van der Waals surface area contributed by atoms with Crippen LogP contribution in [-0.2, 0) is 14.3 Å². The first-order valence-electron chi connectivity index (χ1n) is 12.6. The highest BCUT2D eigenvalue weighted by molar-refractivity contribution is 5.90. The van der Waals surface area contributed by atoms with E-state index in [1.165, 1.54) is 22.3 Å². The molecule has 6 rings (SSSR count). The van der Waals surface area contributed by atoms with Crippen LogP contribution in [0.3, 0.4) is 0 Å².